The van der Waals surface area contributed by atoms with Crippen molar-refractivity contribution in [2.75, 3.05) is 13.6 Å². The summed E-state index contributed by atoms with van der Waals surface area (Å²) in [6, 6.07) is 0.811. The molecule has 0 aromatic rings. The summed E-state index contributed by atoms with van der Waals surface area (Å²) in [5.74, 6) is 3.62. The minimum Gasteiger partial charge on any atom is -0.303 e. The van der Waals surface area contributed by atoms with E-state index in [1.54, 1.807) is 0 Å². The van der Waals surface area contributed by atoms with E-state index >= 15 is 0 Å². The zero-order chi connectivity index (χ0) is 15.1. The fourth-order valence-corrected chi connectivity index (χ4v) is 3.75. The normalized spacial score (nSPS) is 20.4. The molecule has 0 N–H and O–H groups in total. The first kappa shape index (κ1) is 18.0. The van der Waals surface area contributed by atoms with Crippen LogP contribution in [0.2, 0.25) is 0 Å². The highest BCUT2D eigenvalue weighted by Crippen LogP contribution is 2.32. The lowest BCUT2D eigenvalue weighted by molar-refractivity contribution is 0.165. The molecule has 3 unspecified atom stereocenters. The average Bonchev–Trinajstić information content (AvgIpc) is 3.11. The molecule has 0 amide bonds. The second-order valence-electron chi connectivity index (χ2n) is 8.14. The molecule has 0 bridgehead atoms. The maximum atomic E-state index is 2.70. The van der Waals surface area contributed by atoms with Gasteiger partial charge in [-0.15, -0.1) is 0 Å². The van der Waals surface area contributed by atoms with Crippen molar-refractivity contribution >= 4 is 0 Å². The van der Waals surface area contributed by atoms with Crippen molar-refractivity contribution in [2.45, 2.75) is 85.6 Å². The number of hydrogen-bond donors (Lipinski definition) is 0. The Labute approximate surface area is 128 Å². The van der Waals surface area contributed by atoms with Crippen molar-refractivity contribution in [2.24, 2.45) is 23.7 Å². The Morgan fingerprint density at radius 2 is 1.55 bits per heavy atom. The van der Waals surface area contributed by atoms with Crippen LogP contribution in [0.25, 0.3) is 0 Å². The third-order valence-corrected chi connectivity index (χ3v) is 4.87. The van der Waals surface area contributed by atoms with Gasteiger partial charge in [-0.1, -0.05) is 47.5 Å². The molecule has 1 fully saturated rings. The number of nitrogens with zero attached hydrogens (tertiary/aromatic N) is 1. The van der Waals surface area contributed by atoms with Crippen LogP contribution in [0.5, 0.6) is 0 Å². The Kier molecular flexibility index (Phi) is 8.17. The van der Waals surface area contributed by atoms with Crippen LogP contribution in [0.3, 0.4) is 0 Å². The Morgan fingerprint density at radius 1 is 0.950 bits per heavy atom. The Balaban J connectivity index is 2.47. The lowest BCUT2D eigenvalue weighted by Gasteiger charge is -2.33. The standard InChI is InChI=1S/C19H39N/c1-7-8-16(4)12-19(13-17(5)11-15(2)3)20(6)14-18-9-10-18/h15-19H,7-14H2,1-6H3. The first-order valence-corrected chi connectivity index (χ1v) is 9.12. The monoisotopic (exact) mass is 281 g/mol. The van der Waals surface area contributed by atoms with Crippen molar-refractivity contribution in [3.8, 4) is 0 Å². The van der Waals surface area contributed by atoms with E-state index in [2.05, 4.69) is 46.6 Å². The summed E-state index contributed by atoms with van der Waals surface area (Å²) in [6.45, 7) is 13.3. The van der Waals surface area contributed by atoms with E-state index < -0.39 is 0 Å². The SMILES string of the molecule is CCCC(C)CC(CC(C)CC(C)C)N(C)CC1CC1. The lowest BCUT2D eigenvalue weighted by atomic mass is 9.87. The molecule has 1 nitrogen and oxygen atoms in total. The van der Waals surface area contributed by atoms with E-state index in [4.69, 9.17) is 0 Å². The van der Waals surface area contributed by atoms with Crippen molar-refractivity contribution in [3.63, 3.8) is 0 Å². The van der Waals surface area contributed by atoms with Crippen LogP contribution in [0.15, 0.2) is 0 Å². The lowest BCUT2D eigenvalue weighted by Crippen LogP contribution is -2.36. The second kappa shape index (κ2) is 9.07. The first-order valence-electron chi connectivity index (χ1n) is 9.12. The van der Waals surface area contributed by atoms with Crippen LogP contribution in [-0.2, 0) is 0 Å². The summed E-state index contributed by atoms with van der Waals surface area (Å²) < 4.78 is 0. The van der Waals surface area contributed by atoms with Crippen LogP contribution in [-0.4, -0.2) is 24.5 Å². The summed E-state index contributed by atoms with van der Waals surface area (Å²) in [7, 11) is 2.38. The van der Waals surface area contributed by atoms with Gasteiger partial charge in [-0.3, -0.25) is 0 Å². The first-order chi connectivity index (χ1) is 9.42. The zero-order valence-electron chi connectivity index (χ0n) is 15.0. The molecule has 0 aromatic heterocycles. The third kappa shape index (κ3) is 7.67. The minimum absolute atomic E-state index is 0.811. The third-order valence-electron chi connectivity index (χ3n) is 4.87. The maximum absolute atomic E-state index is 2.70. The molecule has 0 spiro atoms. The van der Waals surface area contributed by atoms with Gasteiger partial charge < -0.3 is 4.90 Å². The van der Waals surface area contributed by atoms with Crippen molar-refractivity contribution in [1.29, 1.82) is 0 Å². The molecule has 1 heteroatoms. The molecule has 0 radical (unpaired) electrons. The predicted molar refractivity (Wildman–Crippen MR) is 91.1 cm³/mol. The minimum atomic E-state index is 0.811. The van der Waals surface area contributed by atoms with Gasteiger partial charge in [-0.05, 0) is 62.8 Å². The molecule has 120 valence electrons. The molecule has 1 aliphatic rings. The van der Waals surface area contributed by atoms with Crippen LogP contribution < -0.4 is 0 Å². The molecule has 1 saturated carbocycles. The summed E-state index contributed by atoms with van der Waals surface area (Å²) in [5.41, 5.74) is 0. The molecule has 1 rings (SSSR count). The van der Waals surface area contributed by atoms with E-state index in [1.165, 1.54) is 51.5 Å². The van der Waals surface area contributed by atoms with Gasteiger partial charge in [-0.25, -0.2) is 0 Å². The van der Waals surface area contributed by atoms with Crippen LogP contribution in [0.4, 0.5) is 0 Å². The van der Waals surface area contributed by atoms with E-state index in [1.807, 2.05) is 0 Å². The highest BCUT2D eigenvalue weighted by atomic mass is 15.1. The topological polar surface area (TPSA) is 3.24 Å². The molecule has 3 atom stereocenters. The molecular weight excluding hydrogens is 242 g/mol. The van der Waals surface area contributed by atoms with E-state index in [0.717, 1.165) is 29.7 Å². The molecule has 0 heterocycles. The smallest absolute Gasteiger partial charge is 0.00974 e. The fourth-order valence-electron chi connectivity index (χ4n) is 3.75. The van der Waals surface area contributed by atoms with Crippen molar-refractivity contribution < 1.29 is 0 Å². The van der Waals surface area contributed by atoms with Crippen molar-refractivity contribution in [1.82, 2.24) is 4.90 Å². The average molecular weight is 282 g/mol. The van der Waals surface area contributed by atoms with E-state index in [9.17, 15) is 0 Å². The van der Waals surface area contributed by atoms with Gasteiger partial charge >= 0.3 is 0 Å². The summed E-state index contributed by atoms with van der Waals surface area (Å²) >= 11 is 0. The van der Waals surface area contributed by atoms with Crippen molar-refractivity contribution in [3.05, 3.63) is 0 Å². The largest absolute Gasteiger partial charge is 0.303 e. The zero-order valence-corrected chi connectivity index (χ0v) is 15.0. The fraction of sp³-hybridized carbons (Fsp3) is 1.00. The van der Waals surface area contributed by atoms with E-state index in [-0.39, 0.29) is 0 Å². The highest BCUT2D eigenvalue weighted by Gasteiger charge is 2.27. The van der Waals surface area contributed by atoms with Gasteiger partial charge in [0, 0.05) is 12.6 Å². The summed E-state index contributed by atoms with van der Waals surface area (Å²) in [6.07, 6.45) is 9.87. The van der Waals surface area contributed by atoms with Gasteiger partial charge in [0.2, 0.25) is 0 Å². The van der Waals surface area contributed by atoms with Crippen LogP contribution in [0, 0.1) is 23.7 Å². The predicted octanol–water partition coefficient (Wildman–Crippen LogP) is 5.60. The Hall–Kier alpha value is -0.0400. The van der Waals surface area contributed by atoms with Gasteiger partial charge in [0.05, 0.1) is 0 Å². The molecule has 1 aliphatic carbocycles. The molecule has 0 saturated heterocycles. The van der Waals surface area contributed by atoms with Gasteiger partial charge in [0.15, 0.2) is 0 Å². The van der Waals surface area contributed by atoms with E-state index in [0.29, 0.717) is 0 Å². The van der Waals surface area contributed by atoms with Gasteiger partial charge in [0.1, 0.15) is 0 Å². The van der Waals surface area contributed by atoms with Crippen LogP contribution >= 0.6 is 0 Å². The number of rotatable bonds is 11. The Morgan fingerprint density at radius 3 is 2.05 bits per heavy atom. The molecule has 0 aromatic carbocycles. The van der Waals surface area contributed by atoms with Gasteiger partial charge in [-0.2, -0.15) is 0 Å². The summed E-state index contributed by atoms with van der Waals surface area (Å²) in [4.78, 5) is 2.70. The maximum Gasteiger partial charge on any atom is 0.00974 e. The Bertz CT molecular complexity index is 244. The second-order valence-corrected chi connectivity index (χ2v) is 8.14. The quantitative estimate of drug-likeness (QED) is 0.477. The van der Waals surface area contributed by atoms with Crippen LogP contribution in [0.1, 0.15) is 79.6 Å². The highest BCUT2D eigenvalue weighted by molar-refractivity contribution is 4.81. The van der Waals surface area contributed by atoms with Gasteiger partial charge in [0.25, 0.3) is 0 Å². The summed E-state index contributed by atoms with van der Waals surface area (Å²) in [5, 5.41) is 0. The molecular formula is C19H39N. The number of hydrogen-bond acceptors (Lipinski definition) is 1. The molecule has 0 aliphatic heterocycles. The molecule has 20 heavy (non-hydrogen) atoms.